The van der Waals surface area contributed by atoms with Crippen molar-refractivity contribution in [2.24, 2.45) is 0 Å². The van der Waals surface area contributed by atoms with Crippen molar-refractivity contribution in [2.75, 3.05) is 0 Å². The first-order chi connectivity index (χ1) is 17.6. The van der Waals surface area contributed by atoms with Crippen molar-refractivity contribution in [2.45, 2.75) is 0 Å². The van der Waals surface area contributed by atoms with Gasteiger partial charge in [0.2, 0.25) is 0 Å². The van der Waals surface area contributed by atoms with E-state index >= 15 is 0 Å². The molecule has 0 spiro atoms. The third-order valence-electron chi connectivity index (χ3n) is 6.15. The van der Waals surface area contributed by atoms with Crippen LogP contribution in [-0.2, 0) is 0 Å². The van der Waals surface area contributed by atoms with Crippen LogP contribution in [-0.4, -0.2) is 14.5 Å². The van der Waals surface area contributed by atoms with Gasteiger partial charge >= 0.3 is 0 Å². The van der Waals surface area contributed by atoms with Crippen LogP contribution in [0, 0.1) is 0 Å². The lowest BCUT2D eigenvalue weighted by molar-refractivity contribution is 0.944. The summed E-state index contributed by atoms with van der Waals surface area (Å²) in [6.45, 7) is 0. The van der Waals surface area contributed by atoms with Gasteiger partial charge in [-0.3, -0.25) is 9.36 Å². The molecule has 0 unspecified atom stereocenters. The molecule has 0 fully saturated rings. The molecule has 0 aliphatic carbocycles. The second kappa shape index (κ2) is 9.26. The standard InChI is InChI=1S/C30H19BrClN3O/c31-20-12-16-27-25(18-20)30(36)35(22-6-2-1-3-7-22)28(33-27)17-15-24-23-8-4-5-9-26(23)34-29(24)19-10-13-21(32)14-11-19/h1-18,34H/b17-15+. The Balaban J connectivity index is 1.58. The molecular formula is C30H19BrClN3O. The van der Waals surface area contributed by atoms with E-state index in [0.29, 0.717) is 21.7 Å². The van der Waals surface area contributed by atoms with E-state index in [1.165, 1.54) is 0 Å². The predicted molar refractivity (Wildman–Crippen MR) is 153 cm³/mol. The number of halogens is 2. The second-order valence-corrected chi connectivity index (χ2v) is 9.76. The number of H-pyrrole nitrogens is 1. The Labute approximate surface area is 220 Å². The van der Waals surface area contributed by atoms with Crippen molar-refractivity contribution in [1.29, 1.82) is 0 Å². The average Bonchev–Trinajstić information content (AvgIpc) is 3.27. The average molecular weight is 553 g/mol. The number of hydrogen-bond donors (Lipinski definition) is 1. The Morgan fingerprint density at radius 1 is 0.833 bits per heavy atom. The molecule has 0 aliphatic heterocycles. The maximum absolute atomic E-state index is 13.6. The third kappa shape index (κ3) is 4.06. The summed E-state index contributed by atoms with van der Waals surface area (Å²) in [6, 6.07) is 31.1. The van der Waals surface area contributed by atoms with Gasteiger partial charge in [-0.1, -0.05) is 76.1 Å². The molecule has 4 aromatic carbocycles. The van der Waals surface area contributed by atoms with E-state index in [-0.39, 0.29) is 5.56 Å². The van der Waals surface area contributed by atoms with Crippen molar-refractivity contribution in [3.05, 3.63) is 128 Å². The monoisotopic (exact) mass is 551 g/mol. The number of fused-ring (bicyclic) bond motifs is 2. The van der Waals surface area contributed by atoms with Crippen molar-refractivity contribution >= 4 is 61.5 Å². The van der Waals surface area contributed by atoms with Gasteiger partial charge in [0, 0.05) is 26.0 Å². The lowest BCUT2D eigenvalue weighted by atomic mass is 10.0. The van der Waals surface area contributed by atoms with Crippen LogP contribution in [0.3, 0.4) is 0 Å². The summed E-state index contributed by atoms with van der Waals surface area (Å²) < 4.78 is 2.49. The zero-order valence-electron chi connectivity index (χ0n) is 19.0. The van der Waals surface area contributed by atoms with Crippen LogP contribution in [0.2, 0.25) is 5.02 Å². The molecule has 0 aliphatic rings. The number of aromatic amines is 1. The highest BCUT2D eigenvalue weighted by Gasteiger charge is 2.14. The smallest absolute Gasteiger partial charge is 0.266 e. The lowest BCUT2D eigenvalue weighted by Gasteiger charge is -2.11. The van der Waals surface area contributed by atoms with Crippen LogP contribution < -0.4 is 5.56 Å². The van der Waals surface area contributed by atoms with Crippen molar-refractivity contribution in [1.82, 2.24) is 14.5 Å². The fraction of sp³-hybridized carbons (Fsp3) is 0. The molecule has 2 aromatic heterocycles. The Bertz CT molecular complexity index is 1820. The summed E-state index contributed by atoms with van der Waals surface area (Å²) in [5, 5.41) is 2.32. The maximum atomic E-state index is 13.6. The first-order valence-electron chi connectivity index (χ1n) is 11.4. The second-order valence-electron chi connectivity index (χ2n) is 8.41. The number of hydrogen-bond acceptors (Lipinski definition) is 2. The van der Waals surface area contributed by atoms with Gasteiger partial charge in [0.05, 0.1) is 22.3 Å². The van der Waals surface area contributed by atoms with E-state index in [0.717, 1.165) is 37.9 Å². The van der Waals surface area contributed by atoms with Gasteiger partial charge in [0.25, 0.3) is 5.56 Å². The van der Waals surface area contributed by atoms with Crippen LogP contribution in [0.1, 0.15) is 11.4 Å². The van der Waals surface area contributed by atoms with Crippen LogP contribution in [0.4, 0.5) is 0 Å². The number of nitrogens with zero attached hydrogens (tertiary/aromatic N) is 2. The van der Waals surface area contributed by atoms with Gasteiger partial charge in [-0.2, -0.15) is 0 Å². The third-order valence-corrected chi connectivity index (χ3v) is 6.89. The summed E-state index contributed by atoms with van der Waals surface area (Å²) in [6.07, 6.45) is 3.93. The number of benzene rings is 4. The Morgan fingerprint density at radius 3 is 2.39 bits per heavy atom. The molecule has 36 heavy (non-hydrogen) atoms. The SMILES string of the molecule is O=c1c2cc(Br)ccc2nc(/C=C/c2c(-c3ccc(Cl)cc3)[nH]c3ccccc23)n1-c1ccccc1. The van der Waals surface area contributed by atoms with Gasteiger partial charge in [0.15, 0.2) is 0 Å². The van der Waals surface area contributed by atoms with Crippen molar-refractivity contribution in [3.63, 3.8) is 0 Å². The fourth-order valence-corrected chi connectivity index (χ4v) is 4.94. The van der Waals surface area contributed by atoms with Crippen molar-refractivity contribution in [3.8, 4) is 16.9 Å². The number of para-hydroxylation sites is 2. The molecule has 6 aromatic rings. The summed E-state index contributed by atoms with van der Waals surface area (Å²) in [7, 11) is 0. The summed E-state index contributed by atoms with van der Waals surface area (Å²) in [5.74, 6) is 0.549. The topological polar surface area (TPSA) is 50.7 Å². The van der Waals surface area contributed by atoms with Gasteiger partial charge in [-0.05, 0) is 66.2 Å². The summed E-state index contributed by atoms with van der Waals surface area (Å²) in [4.78, 5) is 22.1. The van der Waals surface area contributed by atoms with Gasteiger partial charge in [-0.25, -0.2) is 4.98 Å². The zero-order chi connectivity index (χ0) is 24.6. The van der Waals surface area contributed by atoms with E-state index in [1.807, 2.05) is 97.1 Å². The van der Waals surface area contributed by atoms with Gasteiger partial charge in [-0.15, -0.1) is 0 Å². The van der Waals surface area contributed by atoms with Crippen LogP contribution >= 0.6 is 27.5 Å². The minimum atomic E-state index is -0.121. The van der Waals surface area contributed by atoms with E-state index < -0.39 is 0 Å². The molecule has 6 heteroatoms. The molecule has 2 heterocycles. The minimum absolute atomic E-state index is 0.121. The highest BCUT2D eigenvalue weighted by atomic mass is 79.9. The molecule has 0 radical (unpaired) electrons. The molecule has 4 nitrogen and oxygen atoms in total. The maximum Gasteiger partial charge on any atom is 0.266 e. The quantitative estimate of drug-likeness (QED) is 0.240. The van der Waals surface area contributed by atoms with E-state index in [9.17, 15) is 4.79 Å². The number of aromatic nitrogens is 3. The van der Waals surface area contributed by atoms with Crippen LogP contribution in [0.5, 0.6) is 0 Å². The van der Waals surface area contributed by atoms with Gasteiger partial charge < -0.3 is 4.98 Å². The van der Waals surface area contributed by atoms with Crippen molar-refractivity contribution < 1.29 is 0 Å². The fourth-order valence-electron chi connectivity index (χ4n) is 4.45. The molecule has 174 valence electrons. The predicted octanol–water partition coefficient (Wildman–Crippen LogP) is 8.12. The summed E-state index contributed by atoms with van der Waals surface area (Å²) >= 11 is 9.62. The first kappa shape index (κ1) is 22.5. The minimum Gasteiger partial charge on any atom is -0.354 e. The van der Waals surface area contributed by atoms with E-state index in [1.54, 1.807) is 4.57 Å². The van der Waals surface area contributed by atoms with Gasteiger partial charge in [0.1, 0.15) is 5.82 Å². The first-order valence-corrected chi connectivity index (χ1v) is 12.6. The number of rotatable bonds is 4. The zero-order valence-corrected chi connectivity index (χ0v) is 21.3. The largest absolute Gasteiger partial charge is 0.354 e. The Hall–Kier alpha value is -3.93. The normalized spacial score (nSPS) is 11.6. The summed E-state index contributed by atoms with van der Waals surface area (Å²) in [5.41, 5.74) is 5.32. The van der Waals surface area contributed by atoms with E-state index in [2.05, 4.69) is 33.0 Å². The lowest BCUT2D eigenvalue weighted by Crippen LogP contribution is -2.22. The highest BCUT2D eigenvalue weighted by molar-refractivity contribution is 9.10. The Morgan fingerprint density at radius 2 is 1.58 bits per heavy atom. The molecule has 6 rings (SSSR count). The number of nitrogens with one attached hydrogen (secondary N) is 1. The molecule has 0 saturated carbocycles. The highest BCUT2D eigenvalue weighted by Crippen LogP contribution is 2.32. The molecular weight excluding hydrogens is 534 g/mol. The molecule has 1 N–H and O–H groups in total. The van der Waals surface area contributed by atoms with Crippen LogP contribution in [0.25, 0.3) is 50.9 Å². The molecule has 0 amide bonds. The molecule has 0 saturated heterocycles. The molecule has 0 atom stereocenters. The van der Waals surface area contributed by atoms with E-state index in [4.69, 9.17) is 16.6 Å². The molecule has 0 bridgehead atoms. The Kier molecular flexibility index (Phi) is 5.80. The van der Waals surface area contributed by atoms with Crippen LogP contribution in [0.15, 0.2) is 106 Å².